The smallest absolute Gasteiger partial charge is 0.201 e. The van der Waals surface area contributed by atoms with Crippen LogP contribution >= 0.6 is 23.5 Å². The Morgan fingerprint density at radius 3 is 2.62 bits per heavy atom. The second-order valence-corrected chi connectivity index (χ2v) is 8.90. The summed E-state index contributed by atoms with van der Waals surface area (Å²) in [4.78, 5) is 20.6. The highest BCUT2D eigenvalue weighted by Crippen LogP contribution is 2.32. The number of hydrogen-bond donors (Lipinski definition) is 1. The summed E-state index contributed by atoms with van der Waals surface area (Å²) in [6, 6.07) is 11.4. The van der Waals surface area contributed by atoms with E-state index in [0.717, 1.165) is 29.4 Å². The van der Waals surface area contributed by atoms with E-state index < -0.39 is 23.0 Å². The van der Waals surface area contributed by atoms with Gasteiger partial charge in [0.15, 0.2) is 5.82 Å². The van der Waals surface area contributed by atoms with Crippen LogP contribution in [0, 0.1) is 11.6 Å². The summed E-state index contributed by atoms with van der Waals surface area (Å²) in [5.74, 6) is -1.74. The molecule has 8 heteroatoms. The molecule has 0 fully saturated rings. The number of benzene rings is 2. The van der Waals surface area contributed by atoms with Crippen molar-refractivity contribution < 1.29 is 13.6 Å². The standard InChI is InChI=1S/C24H20ClF2N3OS/c1-3-10-32-30(2)20-9-8-19(26)21(22(20)27)23(31)18-13-29-24-17(18)11-15(12-28-24)14-4-6-16(25)7-5-14/h4-9,11-13H,3,10H2,1-2H3,(H,28,29). The number of aromatic nitrogens is 2. The van der Waals surface area contributed by atoms with Crippen molar-refractivity contribution in [3.05, 3.63) is 82.6 Å². The molecule has 164 valence electrons. The Labute approximate surface area is 193 Å². The second-order valence-electron chi connectivity index (χ2n) is 7.24. The fraction of sp³-hybridized carbons (Fsp3) is 0.167. The zero-order valence-corrected chi connectivity index (χ0v) is 19.0. The molecule has 2 aromatic carbocycles. The van der Waals surface area contributed by atoms with E-state index in [1.54, 1.807) is 35.7 Å². The number of carbonyl (C=O) groups excluding carboxylic acids is 1. The van der Waals surface area contributed by atoms with Crippen LogP contribution in [0.1, 0.15) is 29.3 Å². The van der Waals surface area contributed by atoms with Crippen molar-refractivity contribution in [1.29, 1.82) is 0 Å². The quantitative estimate of drug-likeness (QED) is 0.235. The first kappa shape index (κ1) is 22.3. The Bertz CT molecular complexity index is 1290. The Kier molecular flexibility index (Phi) is 6.48. The van der Waals surface area contributed by atoms with E-state index in [9.17, 15) is 9.18 Å². The van der Waals surface area contributed by atoms with Crippen LogP contribution in [0.25, 0.3) is 22.2 Å². The van der Waals surface area contributed by atoms with Crippen LogP contribution < -0.4 is 4.31 Å². The van der Waals surface area contributed by atoms with Gasteiger partial charge in [0, 0.05) is 46.7 Å². The van der Waals surface area contributed by atoms with Gasteiger partial charge in [0.25, 0.3) is 0 Å². The topological polar surface area (TPSA) is 49.0 Å². The predicted molar refractivity (Wildman–Crippen MR) is 127 cm³/mol. The van der Waals surface area contributed by atoms with Crippen molar-refractivity contribution in [1.82, 2.24) is 9.97 Å². The maximum absolute atomic E-state index is 15.3. The van der Waals surface area contributed by atoms with Crippen LogP contribution in [-0.2, 0) is 0 Å². The molecule has 4 aromatic rings. The minimum absolute atomic E-state index is 0.155. The minimum Gasteiger partial charge on any atom is -0.345 e. The summed E-state index contributed by atoms with van der Waals surface area (Å²) < 4.78 is 31.5. The molecule has 4 rings (SSSR count). The Balaban J connectivity index is 1.77. The molecule has 0 bridgehead atoms. The van der Waals surface area contributed by atoms with Crippen LogP contribution in [0.5, 0.6) is 0 Å². The molecule has 0 saturated carbocycles. The summed E-state index contributed by atoms with van der Waals surface area (Å²) in [5.41, 5.74) is 1.81. The summed E-state index contributed by atoms with van der Waals surface area (Å²) in [6.45, 7) is 2.01. The van der Waals surface area contributed by atoms with Gasteiger partial charge in [0.2, 0.25) is 5.78 Å². The number of rotatable bonds is 7. The van der Waals surface area contributed by atoms with Gasteiger partial charge >= 0.3 is 0 Å². The van der Waals surface area contributed by atoms with Gasteiger partial charge in [-0.15, -0.1) is 0 Å². The van der Waals surface area contributed by atoms with Crippen molar-refractivity contribution in [2.75, 3.05) is 17.1 Å². The number of carbonyl (C=O) groups is 1. The van der Waals surface area contributed by atoms with E-state index in [4.69, 9.17) is 11.6 Å². The third-order valence-corrected chi connectivity index (χ3v) is 6.51. The van der Waals surface area contributed by atoms with Crippen LogP contribution in [-0.4, -0.2) is 28.6 Å². The van der Waals surface area contributed by atoms with Crippen molar-refractivity contribution in [2.24, 2.45) is 0 Å². The molecule has 0 atom stereocenters. The summed E-state index contributed by atoms with van der Waals surface area (Å²) in [7, 11) is 1.69. The molecular formula is C24H20ClF2N3OS. The zero-order valence-electron chi connectivity index (χ0n) is 17.5. The van der Waals surface area contributed by atoms with Gasteiger partial charge in [-0.3, -0.25) is 4.79 Å². The van der Waals surface area contributed by atoms with Gasteiger partial charge in [0.05, 0.1) is 11.3 Å². The monoisotopic (exact) mass is 471 g/mol. The normalized spacial score (nSPS) is 11.2. The van der Waals surface area contributed by atoms with Gasteiger partial charge in [-0.1, -0.05) is 42.6 Å². The molecule has 0 radical (unpaired) electrons. The molecule has 4 nitrogen and oxygen atoms in total. The van der Waals surface area contributed by atoms with Gasteiger partial charge in [0.1, 0.15) is 11.5 Å². The van der Waals surface area contributed by atoms with E-state index >= 15 is 4.39 Å². The molecule has 1 N–H and O–H groups in total. The highest BCUT2D eigenvalue weighted by atomic mass is 35.5. The maximum Gasteiger partial charge on any atom is 0.201 e. The lowest BCUT2D eigenvalue weighted by atomic mass is 10.00. The lowest BCUT2D eigenvalue weighted by Crippen LogP contribution is -2.14. The second kappa shape index (κ2) is 9.30. The third kappa shape index (κ3) is 4.23. The van der Waals surface area contributed by atoms with Crippen molar-refractivity contribution in [3.8, 4) is 11.1 Å². The number of halogens is 3. The van der Waals surface area contributed by atoms with Gasteiger partial charge in [-0.2, -0.15) is 0 Å². The average molecular weight is 472 g/mol. The van der Waals surface area contributed by atoms with Crippen LogP contribution in [0.15, 0.2) is 54.9 Å². The highest BCUT2D eigenvalue weighted by molar-refractivity contribution is 8.00. The molecule has 2 aromatic heterocycles. The number of anilines is 1. The Morgan fingerprint density at radius 1 is 1.16 bits per heavy atom. The molecule has 32 heavy (non-hydrogen) atoms. The first-order valence-electron chi connectivity index (χ1n) is 10.0. The number of fused-ring (bicyclic) bond motifs is 1. The highest BCUT2D eigenvalue weighted by Gasteiger charge is 2.25. The van der Waals surface area contributed by atoms with Crippen LogP contribution in [0.3, 0.4) is 0 Å². The average Bonchev–Trinajstić information content (AvgIpc) is 3.21. The minimum atomic E-state index is -0.902. The number of nitrogens with one attached hydrogen (secondary N) is 1. The molecule has 2 heterocycles. The molecule has 0 aliphatic heterocycles. The Hall–Kier alpha value is -2.90. The van der Waals surface area contributed by atoms with E-state index in [1.807, 2.05) is 19.1 Å². The van der Waals surface area contributed by atoms with E-state index in [0.29, 0.717) is 16.1 Å². The predicted octanol–water partition coefficient (Wildman–Crippen LogP) is 6.89. The van der Waals surface area contributed by atoms with Crippen LogP contribution in [0.4, 0.5) is 14.5 Å². The van der Waals surface area contributed by atoms with Crippen molar-refractivity contribution in [3.63, 3.8) is 0 Å². The Morgan fingerprint density at radius 2 is 1.91 bits per heavy atom. The molecule has 0 amide bonds. The van der Waals surface area contributed by atoms with Gasteiger partial charge in [-0.05, 0) is 42.3 Å². The number of aromatic amines is 1. The van der Waals surface area contributed by atoms with Crippen molar-refractivity contribution in [2.45, 2.75) is 13.3 Å². The van der Waals surface area contributed by atoms with E-state index in [1.165, 1.54) is 24.2 Å². The number of hydrogen-bond acceptors (Lipinski definition) is 4. The van der Waals surface area contributed by atoms with Crippen molar-refractivity contribution >= 4 is 46.1 Å². The SMILES string of the molecule is CCCSN(C)c1ccc(F)c(C(=O)c2c[nH]c3ncc(-c4ccc(Cl)cc4)cc23)c1F. The first-order chi connectivity index (χ1) is 15.4. The first-order valence-corrected chi connectivity index (χ1v) is 11.3. The molecular weight excluding hydrogens is 452 g/mol. The molecule has 0 unspecified atom stereocenters. The summed E-state index contributed by atoms with van der Waals surface area (Å²) >= 11 is 7.37. The fourth-order valence-corrected chi connectivity index (χ4v) is 4.28. The molecule has 0 aliphatic rings. The van der Waals surface area contributed by atoms with E-state index in [2.05, 4.69) is 9.97 Å². The molecule has 0 spiro atoms. The van der Waals surface area contributed by atoms with Crippen LogP contribution in [0.2, 0.25) is 5.02 Å². The number of nitrogens with zero attached hydrogens (tertiary/aromatic N) is 2. The zero-order chi connectivity index (χ0) is 22.8. The fourth-order valence-electron chi connectivity index (χ4n) is 3.42. The van der Waals surface area contributed by atoms with Gasteiger partial charge in [-0.25, -0.2) is 13.8 Å². The third-order valence-electron chi connectivity index (χ3n) is 5.08. The number of ketones is 1. The lowest BCUT2D eigenvalue weighted by molar-refractivity contribution is 0.103. The maximum atomic E-state index is 15.3. The molecule has 0 saturated heterocycles. The number of pyridine rings is 1. The number of H-pyrrole nitrogens is 1. The van der Waals surface area contributed by atoms with Gasteiger partial charge < -0.3 is 9.29 Å². The lowest BCUT2D eigenvalue weighted by Gasteiger charge is -2.19. The van der Waals surface area contributed by atoms with E-state index in [-0.39, 0.29) is 11.3 Å². The molecule has 0 aliphatic carbocycles. The largest absolute Gasteiger partial charge is 0.345 e. The summed E-state index contributed by atoms with van der Waals surface area (Å²) in [5, 5.41) is 1.09. The summed E-state index contributed by atoms with van der Waals surface area (Å²) in [6.07, 6.45) is 4.01.